The van der Waals surface area contributed by atoms with Crippen LogP contribution in [-0.4, -0.2) is 42.9 Å². The van der Waals surface area contributed by atoms with E-state index in [2.05, 4.69) is 16.3 Å². The number of anilines is 2. The number of carbonyl (C=O) groups excluding carboxylic acids is 2. The van der Waals surface area contributed by atoms with Crippen LogP contribution < -0.4 is 10.2 Å². The Balaban J connectivity index is 1.53. The minimum atomic E-state index is -0.650. The highest BCUT2D eigenvalue weighted by Crippen LogP contribution is 2.19. The average molecular weight is 383 g/mol. The second kappa shape index (κ2) is 8.56. The molecule has 1 saturated heterocycles. The van der Waals surface area contributed by atoms with Gasteiger partial charge >= 0.3 is 11.8 Å². The summed E-state index contributed by atoms with van der Waals surface area (Å²) in [6, 6.07) is 16.5. The first kappa shape index (κ1) is 18.7. The minimum absolute atomic E-state index is 0.311. The summed E-state index contributed by atoms with van der Waals surface area (Å²) in [6.07, 6.45) is 0.311. The van der Waals surface area contributed by atoms with E-state index in [0.29, 0.717) is 43.3 Å². The van der Waals surface area contributed by atoms with Crippen LogP contribution in [0.2, 0.25) is 5.02 Å². The molecule has 0 unspecified atom stereocenters. The third-order valence-corrected chi connectivity index (χ3v) is 4.70. The molecule has 1 N–H and O–H groups in total. The Morgan fingerprint density at radius 3 is 2.22 bits per heavy atom. The molecular formula is C20H19ClN4O2. The van der Waals surface area contributed by atoms with Crippen molar-refractivity contribution in [1.82, 2.24) is 4.90 Å². The van der Waals surface area contributed by atoms with Gasteiger partial charge in [0.15, 0.2) is 0 Å². The smallest absolute Gasteiger partial charge is 0.313 e. The summed E-state index contributed by atoms with van der Waals surface area (Å²) in [5, 5.41) is 12.0. The number of benzene rings is 2. The number of rotatable bonds is 3. The SMILES string of the molecule is N#CCc1ccc(NC(=O)C(=O)N2CCN(c3ccc(Cl)cc3)CC2)cc1. The maximum atomic E-state index is 12.4. The van der Waals surface area contributed by atoms with Crippen molar-refractivity contribution in [3.8, 4) is 6.07 Å². The van der Waals surface area contributed by atoms with E-state index in [4.69, 9.17) is 16.9 Å². The highest BCUT2D eigenvalue weighted by atomic mass is 35.5. The maximum absolute atomic E-state index is 12.4. The van der Waals surface area contributed by atoms with Gasteiger partial charge in [0.2, 0.25) is 0 Å². The van der Waals surface area contributed by atoms with Crippen molar-refractivity contribution in [1.29, 1.82) is 5.26 Å². The van der Waals surface area contributed by atoms with Gasteiger partial charge in [0.1, 0.15) is 0 Å². The van der Waals surface area contributed by atoms with Crippen molar-refractivity contribution < 1.29 is 9.59 Å². The van der Waals surface area contributed by atoms with Crippen molar-refractivity contribution in [3.05, 3.63) is 59.1 Å². The molecule has 0 aliphatic carbocycles. The van der Waals surface area contributed by atoms with E-state index in [-0.39, 0.29) is 0 Å². The Labute approximate surface area is 162 Å². The molecule has 0 saturated carbocycles. The van der Waals surface area contributed by atoms with Gasteiger partial charge in [-0.05, 0) is 42.0 Å². The van der Waals surface area contributed by atoms with Crippen LogP contribution in [-0.2, 0) is 16.0 Å². The molecule has 0 radical (unpaired) electrons. The lowest BCUT2D eigenvalue weighted by atomic mass is 10.1. The third-order valence-electron chi connectivity index (χ3n) is 4.45. The summed E-state index contributed by atoms with van der Waals surface area (Å²) >= 11 is 5.91. The number of nitrogens with one attached hydrogen (secondary N) is 1. The highest BCUT2D eigenvalue weighted by molar-refractivity contribution is 6.39. The van der Waals surface area contributed by atoms with Gasteiger partial charge in [0, 0.05) is 42.6 Å². The van der Waals surface area contributed by atoms with Gasteiger partial charge in [-0.15, -0.1) is 0 Å². The lowest BCUT2D eigenvalue weighted by molar-refractivity contribution is -0.143. The van der Waals surface area contributed by atoms with E-state index in [0.717, 1.165) is 11.3 Å². The van der Waals surface area contributed by atoms with E-state index in [9.17, 15) is 9.59 Å². The summed E-state index contributed by atoms with van der Waals surface area (Å²) < 4.78 is 0. The van der Waals surface area contributed by atoms with Crippen LogP contribution in [0.4, 0.5) is 11.4 Å². The first-order valence-electron chi connectivity index (χ1n) is 8.63. The highest BCUT2D eigenvalue weighted by Gasteiger charge is 2.26. The van der Waals surface area contributed by atoms with E-state index in [1.54, 1.807) is 29.2 Å². The molecule has 2 amide bonds. The first-order valence-corrected chi connectivity index (χ1v) is 9.01. The second-order valence-corrected chi connectivity index (χ2v) is 6.68. The van der Waals surface area contributed by atoms with Crippen LogP contribution in [0.5, 0.6) is 0 Å². The lowest BCUT2D eigenvalue weighted by Gasteiger charge is -2.35. The number of halogens is 1. The zero-order valence-electron chi connectivity index (χ0n) is 14.7. The predicted octanol–water partition coefficient (Wildman–Crippen LogP) is 2.69. The predicted molar refractivity (Wildman–Crippen MR) is 105 cm³/mol. The molecule has 1 aliphatic rings. The number of carbonyl (C=O) groups is 2. The van der Waals surface area contributed by atoms with Crippen molar-refractivity contribution >= 4 is 34.8 Å². The van der Waals surface area contributed by atoms with E-state index in [1.807, 2.05) is 24.3 Å². The van der Waals surface area contributed by atoms with E-state index < -0.39 is 11.8 Å². The first-order chi connectivity index (χ1) is 13.1. The van der Waals surface area contributed by atoms with E-state index in [1.165, 1.54) is 0 Å². The fourth-order valence-electron chi connectivity index (χ4n) is 2.95. The molecule has 0 aromatic heterocycles. The zero-order valence-corrected chi connectivity index (χ0v) is 15.4. The van der Waals surface area contributed by atoms with Crippen LogP contribution in [0.25, 0.3) is 0 Å². The van der Waals surface area contributed by atoms with Crippen LogP contribution in [0.1, 0.15) is 5.56 Å². The average Bonchev–Trinajstić information content (AvgIpc) is 2.70. The van der Waals surface area contributed by atoms with Gasteiger partial charge in [-0.25, -0.2) is 0 Å². The summed E-state index contributed by atoms with van der Waals surface area (Å²) in [7, 11) is 0. The van der Waals surface area contributed by atoms with E-state index >= 15 is 0 Å². The molecule has 0 spiro atoms. The van der Waals surface area contributed by atoms with Crippen molar-refractivity contribution in [2.24, 2.45) is 0 Å². The molecule has 0 bridgehead atoms. The van der Waals surface area contributed by atoms with Crippen LogP contribution in [0.3, 0.4) is 0 Å². The molecule has 1 fully saturated rings. The van der Waals surface area contributed by atoms with Gasteiger partial charge in [0.05, 0.1) is 12.5 Å². The molecular weight excluding hydrogens is 364 g/mol. The van der Waals surface area contributed by atoms with Crippen LogP contribution >= 0.6 is 11.6 Å². The normalized spacial score (nSPS) is 13.8. The Morgan fingerprint density at radius 1 is 1.00 bits per heavy atom. The maximum Gasteiger partial charge on any atom is 0.313 e. The quantitative estimate of drug-likeness (QED) is 0.828. The van der Waals surface area contributed by atoms with Crippen LogP contribution in [0, 0.1) is 11.3 Å². The van der Waals surface area contributed by atoms with Gasteiger partial charge in [0.25, 0.3) is 0 Å². The summed E-state index contributed by atoms with van der Waals surface area (Å²) in [6.45, 7) is 2.28. The minimum Gasteiger partial charge on any atom is -0.368 e. The molecule has 2 aromatic rings. The lowest BCUT2D eigenvalue weighted by Crippen LogP contribution is -2.51. The number of hydrogen-bond acceptors (Lipinski definition) is 4. The Morgan fingerprint density at radius 2 is 1.63 bits per heavy atom. The summed E-state index contributed by atoms with van der Waals surface area (Å²) in [4.78, 5) is 28.3. The van der Waals surface area contributed by atoms with Gasteiger partial charge in [-0.1, -0.05) is 23.7 Å². The fourth-order valence-corrected chi connectivity index (χ4v) is 3.07. The molecule has 6 nitrogen and oxygen atoms in total. The fraction of sp³-hybridized carbons (Fsp3) is 0.250. The zero-order chi connectivity index (χ0) is 19.2. The van der Waals surface area contributed by atoms with Gasteiger partial charge in [-0.3, -0.25) is 9.59 Å². The Bertz CT molecular complexity index is 851. The number of piperazine rings is 1. The summed E-state index contributed by atoms with van der Waals surface area (Å²) in [5.74, 6) is -1.19. The number of amides is 2. The third kappa shape index (κ3) is 4.78. The van der Waals surface area contributed by atoms with Gasteiger partial charge in [-0.2, -0.15) is 5.26 Å². The second-order valence-electron chi connectivity index (χ2n) is 6.24. The number of hydrogen-bond donors (Lipinski definition) is 1. The van der Waals surface area contributed by atoms with Crippen molar-refractivity contribution in [3.63, 3.8) is 0 Å². The molecule has 7 heteroatoms. The molecule has 2 aromatic carbocycles. The van der Waals surface area contributed by atoms with Crippen molar-refractivity contribution in [2.75, 3.05) is 36.4 Å². The standard InChI is InChI=1S/C20H19ClN4O2/c21-16-3-7-18(8-4-16)24-11-13-25(14-12-24)20(27)19(26)23-17-5-1-15(2-6-17)9-10-22/h1-8H,9,11-14H2,(H,23,26). The largest absolute Gasteiger partial charge is 0.368 e. The molecule has 3 rings (SSSR count). The van der Waals surface area contributed by atoms with Gasteiger partial charge < -0.3 is 15.1 Å². The number of nitrogens with zero attached hydrogens (tertiary/aromatic N) is 3. The molecule has 1 heterocycles. The monoisotopic (exact) mass is 382 g/mol. The summed E-state index contributed by atoms with van der Waals surface area (Å²) in [5.41, 5.74) is 2.45. The Kier molecular flexibility index (Phi) is 5.94. The number of nitriles is 1. The van der Waals surface area contributed by atoms with Crippen molar-refractivity contribution in [2.45, 2.75) is 6.42 Å². The Hall–Kier alpha value is -3.04. The molecule has 27 heavy (non-hydrogen) atoms. The van der Waals surface area contributed by atoms with Crippen LogP contribution in [0.15, 0.2) is 48.5 Å². The molecule has 1 aliphatic heterocycles. The topological polar surface area (TPSA) is 76.4 Å². The molecule has 0 atom stereocenters. The molecule has 138 valence electrons.